The molecule has 1 aromatic heterocycles. The molecule has 1 aromatic rings. The molecule has 23 heavy (non-hydrogen) atoms. The van der Waals surface area contributed by atoms with Crippen LogP contribution in [-0.4, -0.2) is 48.4 Å². The molecule has 0 saturated heterocycles. The van der Waals surface area contributed by atoms with Crippen molar-refractivity contribution in [1.82, 2.24) is 20.4 Å². The number of urea groups is 1. The molecule has 0 bridgehead atoms. The van der Waals surface area contributed by atoms with Crippen molar-refractivity contribution in [3.05, 3.63) is 11.7 Å². The maximum Gasteiger partial charge on any atom is 0.317 e. The molecule has 130 valence electrons. The van der Waals surface area contributed by atoms with Crippen molar-refractivity contribution in [2.75, 3.05) is 27.3 Å². The molecule has 1 N–H and O–H groups in total. The van der Waals surface area contributed by atoms with Gasteiger partial charge in [-0.15, -0.1) is 0 Å². The molecule has 7 heteroatoms. The van der Waals surface area contributed by atoms with Crippen molar-refractivity contribution in [1.29, 1.82) is 0 Å². The second-order valence-electron chi connectivity index (χ2n) is 7.00. The average Bonchev–Trinajstić information content (AvgIpc) is 2.87. The maximum atomic E-state index is 12.2. The Morgan fingerprint density at radius 1 is 1.48 bits per heavy atom. The van der Waals surface area contributed by atoms with E-state index in [1.54, 1.807) is 19.1 Å². The van der Waals surface area contributed by atoms with Crippen LogP contribution in [0.15, 0.2) is 4.52 Å². The van der Waals surface area contributed by atoms with Gasteiger partial charge >= 0.3 is 6.03 Å². The van der Waals surface area contributed by atoms with Gasteiger partial charge in [0.25, 0.3) is 0 Å². The Labute approximate surface area is 137 Å². The summed E-state index contributed by atoms with van der Waals surface area (Å²) < 4.78 is 10.5. The molecule has 2 amide bonds. The molecule has 1 saturated carbocycles. The van der Waals surface area contributed by atoms with Crippen LogP contribution in [0.2, 0.25) is 0 Å². The molecule has 0 aromatic carbocycles. The number of carbonyl (C=O) groups is 1. The zero-order chi connectivity index (χ0) is 16.9. The number of hydrogen-bond acceptors (Lipinski definition) is 5. The summed E-state index contributed by atoms with van der Waals surface area (Å²) >= 11 is 0. The van der Waals surface area contributed by atoms with Gasteiger partial charge in [0, 0.05) is 32.5 Å². The highest BCUT2D eigenvalue weighted by atomic mass is 16.5. The summed E-state index contributed by atoms with van der Waals surface area (Å²) in [6.07, 6.45) is 4.17. The molecule has 0 spiro atoms. The first-order valence-corrected chi connectivity index (χ1v) is 8.23. The molecule has 1 aliphatic carbocycles. The van der Waals surface area contributed by atoms with Crippen molar-refractivity contribution in [2.45, 2.75) is 46.1 Å². The largest absolute Gasteiger partial charge is 0.384 e. The molecule has 7 nitrogen and oxygen atoms in total. The van der Waals surface area contributed by atoms with Gasteiger partial charge in [0.2, 0.25) is 5.89 Å². The quantitative estimate of drug-likeness (QED) is 0.793. The monoisotopic (exact) mass is 324 g/mol. The third-order valence-electron chi connectivity index (χ3n) is 4.30. The van der Waals surface area contributed by atoms with Gasteiger partial charge in [-0.1, -0.05) is 25.4 Å². The lowest BCUT2D eigenvalue weighted by Gasteiger charge is -2.41. The molecule has 0 unspecified atom stereocenters. The van der Waals surface area contributed by atoms with Crippen LogP contribution in [0.1, 0.15) is 44.8 Å². The van der Waals surface area contributed by atoms with Crippen LogP contribution in [0.3, 0.4) is 0 Å². The number of rotatable bonds is 8. The summed E-state index contributed by atoms with van der Waals surface area (Å²) in [5, 5.41) is 6.92. The fourth-order valence-electron chi connectivity index (χ4n) is 2.82. The van der Waals surface area contributed by atoms with E-state index in [4.69, 9.17) is 9.26 Å². The highest BCUT2D eigenvalue weighted by Gasteiger charge is 2.37. The maximum absolute atomic E-state index is 12.2. The van der Waals surface area contributed by atoms with Crippen molar-refractivity contribution in [3.63, 3.8) is 0 Å². The first-order chi connectivity index (χ1) is 10.9. The number of carbonyl (C=O) groups excluding carboxylic acids is 1. The molecule has 1 aliphatic rings. The topological polar surface area (TPSA) is 80.5 Å². The first kappa shape index (κ1) is 17.7. The van der Waals surface area contributed by atoms with Gasteiger partial charge < -0.3 is 19.5 Å². The predicted molar refractivity (Wildman–Crippen MR) is 85.9 cm³/mol. The summed E-state index contributed by atoms with van der Waals surface area (Å²) in [6, 6.07) is -0.123. The van der Waals surface area contributed by atoms with E-state index in [1.807, 2.05) is 0 Å². The van der Waals surface area contributed by atoms with Gasteiger partial charge in [0.05, 0.1) is 13.2 Å². The van der Waals surface area contributed by atoms with E-state index >= 15 is 0 Å². The van der Waals surface area contributed by atoms with Crippen LogP contribution >= 0.6 is 0 Å². The number of hydrogen-bond donors (Lipinski definition) is 1. The number of aromatic nitrogens is 2. The Kier molecular flexibility index (Phi) is 5.98. The molecule has 0 atom stereocenters. The molecular weight excluding hydrogens is 296 g/mol. The fourth-order valence-corrected chi connectivity index (χ4v) is 2.82. The Hall–Kier alpha value is -1.63. The molecule has 0 radical (unpaired) electrons. The van der Waals surface area contributed by atoms with Crippen molar-refractivity contribution in [2.24, 2.45) is 11.3 Å². The van der Waals surface area contributed by atoms with Crippen molar-refractivity contribution in [3.8, 4) is 0 Å². The highest BCUT2D eigenvalue weighted by molar-refractivity contribution is 5.73. The van der Waals surface area contributed by atoms with Crippen LogP contribution in [0.25, 0.3) is 0 Å². The lowest BCUT2D eigenvalue weighted by Crippen LogP contribution is -2.48. The van der Waals surface area contributed by atoms with Crippen LogP contribution in [-0.2, 0) is 17.7 Å². The summed E-state index contributed by atoms with van der Waals surface area (Å²) in [5.74, 6) is 1.62. The zero-order valence-electron chi connectivity index (χ0n) is 14.6. The Bertz CT molecular complexity index is 511. The molecule has 2 rings (SSSR count). The second-order valence-corrected chi connectivity index (χ2v) is 7.00. The second kappa shape index (κ2) is 7.77. The number of nitrogens with zero attached hydrogens (tertiary/aromatic N) is 3. The van der Waals surface area contributed by atoms with Crippen LogP contribution in [0.5, 0.6) is 0 Å². The van der Waals surface area contributed by atoms with Gasteiger partial charge in [-0.2, -0.15) is 4.98 Å². The summed E-state index contributed by atoms with van der Waals surface area (Å²) in [4.78, 5) is 18.1. The van der Waals surface area contributed by atoms with E-state index in [0.29, 0.717) is 37.3 Å². The number of nitrogens with one attached hydrogen (secondary N) is 1. The molecule has 0 aliphatic heterocycles. The number of methoxy groups -OCH3 is 1. The SMILES string of the molecule is COCC1(CNC(=O)N(C)Cc2noc(CC(C)C)n2)CCC1. The van der Waals surface area contributed by atoms with Gasteiger partial charge in [0.15, 0.2) is 5.82 Å². The van der Waals surface area contributed by atoms with Crippen LogP contribution in [0.4, 0.5) is 4.79 Å². The van der Waals surface area contributed by atoms with Gasteiger partial charge in [-0.3, -0.25) is 0 Å². The minimum Gasteiger partial charge on any atom is -0.384 e. The lowest BCUT2D eigenvalue weighted by atomic mass is 9.69. The zero-order valence-corrected chi connectivity index (χ0v) is 14.6. The normalized spacial score (nSPS) is 16.2. The van der Waals surface area contributed by atoms with E-state index in [2.05, 4.69) is 29.3 Å². The number of ether oxygens (including phenoxy) is 1. The Morgan fingerprint density at radius 3 is 2.78 bits per heavy atom. The minimum atomic E-state index is -0.123. The minimum absolute atomic E-state index is 0.113. The highest BCUT2D eigenvalue weighted by Crippen LogP contribution is 2.40. The Morgan fingerprint density at radius 2 is 2.22 bits per heavy atom. The Balaban J connectivity index is 1.79. The molecular formula is C16H28N4O3. The van der Waals surface area contributed by atoms with E-state index < -0.39 is 0 Å². The third kappa shape index (κ3) is 4.92. The predicted octanol–water partition coefficient (Wildman–Crippen LogP) is 2.23. The average molecular weight is 324 g/mol. The first-order valence-electron chi connectivity index (χ1n) is 8.23. The van der Waals surface area contributed by atoms with Crippen molar-refractivity contribution < 1.29 is 14.1 Å². The molecule has 1 fully saturated rings. The summed E-state index contributed by atoms with van der Waals surface area (Å²) in [5.41, 5.74) is 0.113. The number of amides is 2. The van der Waals surface area contributed by atoms with Gasteiger partial charge in [-0.05, 0) is 18.8 Å². The standard InChI is InChI=1S/C16H28N4O3/c1-12(2)8-14-18-13(19-23-14)9-20(3)15(21)17-10-16(11-22-4)6-5-7-16/h12H,5-11H2,1-4H3,(H,17,21). The van der Waals surface area contributed by atoms with E-state index in [0.717, 1.165) is 19.3 Å². The van der Waals surface area contributed by atoms with E-state index in [1.165, 1.54) is 6.42 Å². The van der Waals surface area contributed by atoms with Gasteiger partial charge in [-0.25, -0.2) is 4.79 Å². The van der Waals surface area contributed by atoms with Crippen LogP contribution < -0.4 is 5.32 Å². The third-order valence-corrected chi connectivity index (χ3v) is 4.30. The van der Waals surface area contributed by atoms with E-state index in [-0.39, 0.29) is 11.4 Å². The van der Waals surface area contributed by atoms with Crippen molar-refractivity contribution >= 4 is 6.03 Å². The van der Waals surface area contributed by atoms with E-state index in [9.17, 15) is 4.79 Å². The summed E-state index contributed by atoms with van der Waals surface area (Å²) in [6.45, 7) is 5.87. The van der Waals surface area contributed by atoms with Gasteiger partial charge in [0.1, 0.15) is 0 Å². The fraction of sp³-hybridized carbons (Fsp3) is 0.812. The lowest BCUT2D eigenvalue weighted by molar-refractivity contribution is 0.0192. The summed E-state index contributed by atoms with van der Waals surface area (Å²) in [7, 11) is 3.44. The van der Waals surface area contributed by atoms with Crippen LogP contribution in [0, 0.1) is 11.3 Å². The molecule has 1 heterocycles. The smallest absolute Gasteiger partial charge is 0.317 e.